The third-order valence-corrected chi connectivity index (χ3v) is 8.63. The Hall–Kier alpha value is -1.44. The number of likely N-dealkylation sites (tertiary alicyclic amines) is 1. The van der Waals surface area contributed by atoms with Gasteiger partial charge in [0, 0.05) is 40.9 Å². The molecule has 0 saturated carbocycles. The molecule has 0 radical (unpaired) electrons. The van der Waals surface area contributed by atoms with Gasteiger partial charge >= 0.3 is 6.18 Å². The minimum absolute atomic E-state index is 0.0314. The van der Waals surface area contributed by atoms with Crippen molar-refractivity contribution in [2.24, 2.45) is 5.41 Å². The van der Waals surface area contributed by atoms with Crippen molar-refractivity contribution >= 4 is 11.3 Å². The summed E-state index contributed by atoms with van der Waals surface area (Å²) in [6.45, 7) is 10.0. The van der Waals surface area contributed by atoms with Crippen molar-refractivity contribution in [2.45, 2.75) is 77.6 Å². The van der Waals surface area contributed by atoms with Gasteiger partial charge in [-0.15, -0.1) is 11.3 Å². The largest absolute Gasteiger partial charge is 0.417 e. The molecule has 2 aromatic heterocycles. The molecule has 3 nitrogen and oxygen atoms in total. The molecule has 0 N–H and O–H groups in total. The number of alkyl halides is 3. The Morgan fingerprint density at radius 2 is 1.94 bits per heavy atom. The van der Waals surface area contributed by atoms with Crippen LogP contribution < -0.4 is 0 Å². The highest BCUT2D eigenvalue weighted by molar-refractivity contribution is 7.09. The molecule has 0 amide bonds. The van der Waals surface area contributed by atoms with E-state index in [-0.39, 0.29) is 12.1 Å². The summed E-state index contributed by atoms with van der Waals surface area (Å²) in [6, 6.07) is 7.99. The van der Waals surface area contributed by atoms with E-state index in [0.29, 0.717) is 32.4 Å². The number of hydrogen-bond acceptors (Lipinski definition) is 4. The van der Waals surface area contributed by atoms with Gasteiger partial charge < -0.3 is 4.74 Å². The molecule has 3 rings (SSSR count). The molecule has 0 spiro atoms. The Bertz CT molecular complexity index is 870. The maximum absolute atomic E-state index is 14.6. The van der Waals surface area contributed by atoms with Crippen molar-refractivity contribution in [3.8, 4) is 0 Å². The van der Waals surface area contributed by atoms with E-state index in [4.69, 9.17) is 4.74 Å². The fourth-order valence-electron chi connectivity index (χ4n) is 5.16. The predicted octanol–water partition coefficient (Wildman–Crippen LogP) is 6.76. The van der Waals surface area contributed by atoms with Gasteiger partial charge in [0.05, 0.1) is 0 Å². The first-order valence-electron chi connectivity index (χ1n) is 11.4. The zero-order valence-electron chi connectivity index (χ0n) is 19.8. The summed E-state index contributed by atoms with van der Waals surface area (Å²) in [6.07, 6.45) is -0.289. The second-order valence-electron chi connectivity index (χ2n) is 9.31. The lowest BCUT2D eigenvalue weighted by Crippen LogP contribution is -2.60. The summed E-state index contributed by atoms with van der Waals surface area (Å²) < 4.78 is 49.3. The SMILES string of the molecule is CCOC(C)(C(F)(F)F)C1(CCc2cccs2)CCN(C(C)(CC)c2ccc(C)nc2)C1. The standard InChI is InChI=1S/C25H35F3N2OS/c1-6-22(4,20-11-10-19(3)29-17-20)30-15-14-24(18-30,13-12-21-9-8-16-32-21)23(5,31-7-2)25(26,27)28/h8-11,16-17H,6-7,12-15,18H2,1-5H3. The lowest BCUT2D eigenvalue weighted by Gasteiger charge is -2.48. The number of pyridine rings is 1. The second kappa shape index (κ2) is 9.43. The van der Waals surface area contributed by atoms with Crippen LogP contribution in [-0.2, 0) is 16.7 Å². The average molecular weight is 469 g/mol. The van der Waals surface area contributed by atoms with Crippen LogP contribution in [0.4, 0.5) is 13.2 Å². The summed E-state index contributed by atoms with van der Waals surface area (Å²) >= 11 is 1.60. The molecule has 1 fully saturated rings. The van der Waals surface area contributed by atoms with E-state index in [1.165, 1.54) is 6.92 Å². The van der Waals surface area contributed by atoms with Crippen molar-refractivity contribution in [3.63, 3.8) is 0 Å². The van der Waals surface area contributed by atoms with E-state index in [2.05, 4.69) is 29.8 Å². The summed E-state index contributed by atoms with van der Waals surface area (Å²) in [5.74, 6) is 0. The van der Waals surface area contributed by atoms with Gasteiger partial charge in [-0.3, -0.25) is 9.88 Å². The van der Waals surface area contributed by atoms with Crippen LogP contribution in [0.2, 0.25) is 0 Å². The van der Waals surface area contributed by atoms with Crippen LogP contribution in [-0.4, -0.2) is 41.4 Å². The molecule has 32 heavy (non-hydrogen) atoms. The Kier molecular flexibility index (Phi) is 7.42. The Morgan fingerprint density at radius 1 is 1.19 bits per heavy atom. The maximum atomic E-state index is 14.6. The van der Waals surface area contributed by atoms with Crippen LogP contribution in [0.25, 0.3) is 0 Å². The number of ether oxygens (including phenoxy) is 1. The van der Waals surface area contributed by atoms with Crippen molar-refractivity contribution in [3.05, 3.63) is 52.0 Å². The zero-order valence-corrected chi connectivity index (χ0v) is 20.6. The van der Waals surface area contributed by atoms with Gasteiger partial charge in [-0.2, -0.15) is 13.2 Å². The molecule has 178 valence electrons. The first-order chi connectivity index (χ1) is 15.0. The lowest BCUT2D eigenvalue weighted by molar-refractivity contribution is -0.311. The van der Waals surface area contributed by atoms with Gasteiger partial charge in [-0.25, -0.2) is 0 Å². The van der Waals surface area contributed by atoms with Gasteiger partial charge in [0.25, 0.3) is 0 Å². The maximum Gasteiger partial charge on any atom is 0.417 e. The normalized spacial score (nSPS) is 23.8. The highest BCUT2D eigenvalue weighted by Gasteiger charge is 2.66. The minimum atomic E-state index is -4.46. The number of nitrogens with zero attached hydrogens (tertiary/aromatic N) is 2. The van der Waals surface area contributed by atoms with Crippen LogP contribution in [0.5, 0.6) is 0 Å². The van der Waals surface area contributed by atoms with Gasteiger partial charge in [0.15, 0.2) is 5.60 Å². The fraction of sp³-hybridized carbons (Fsp3) is 0.640. The number of thiophene rings is 1. The molecular weight excluding hydrogens is 433 g/mol. The molecule has 1 aliphatic rings. The molecule has 1 aliphatic heterocycles. The number of hydrogen-bond donors (Lipinski definition) is 0. The molecule has 3 unspecified atom stereocenters. The highest BCUT2D eigenvalue weighted by Crippen LogP contribution is 2.55. The monoisotopic (exact) mass is 468 g/mol. The molecule has 3 atom stereocenters. The van der Waals surface area contributed by atoms with Crippen molar-refractivity contribution in [2.75, 3.05) is 19.7 Å². The first kappa shape index (κ1) is 25.2. The number of aryl methyl sites for hydroxylation is 2. The van der Waals surface area contributed by atoms with E-state index in [1.54, 1.807) is 18.3 Å². The van der Waals surface area contributed by atoms with Crippen molar-refractivity contribution in [1.29, 1.82) is 0 Å². The number of halogens is 3. The van der Waals surface area contributed by atoms with E-state index in [9.17, 15) is 13.2 Å². The van der Waals surface area contributed by atoms with E-state index in [1.807, 2.05) is 36.7 Å². The summed E-state index contributed by atoms with van der Waals surface area (Å²) in [5, 5.41) is 1.98. The first-order valence-corrected chi connectivity index (χ1v) is 12.3. The minimum Gasteiger partial charge on any atom is -0.365 e. The molecular formula is C25H35F3N2OS. The van der Waals surface area contributed by atoms with Gasteiger partial charge in [0.2, 0.25) is 0 Å². The van der Waals surface area contributed by atoms with Crippen molar-refractivity contribution in [1.82, 2.24) is 9.88 Å². The third kappa shape index (κ3) is 4.48. The number of rotatable bonds is 9. The topological polar surface area (TPSA) is 25.4 Å². The predicted molar refractivity (Wildman–Crippen MR) is 124 cm³/mol. The molecule has 0 bridgehead atoms. The smallest absolute Gasteiger partial charge is 0.365 e. The van der Waals surface area contributed by atoms with Gasteiger partial charge in [-0.1, -0.05) is 19.1 Å². The van der Waals surface area contributed by atoms with Gasteiger partial charge in [-0.05, 0) is 83.0 Å². The Morgan fingerprint density at radius 3 is 2.47 bits per heavy atom. The summed E-state index contributed by atoms with van der Waals surface area (Å²) in [5.41, 5.74) is -1.64. The lowest BCUT2D eigenvalue weighted by atomic mass is 9.68. The molecule has 0 aliphatic carbocycles. The van der Waals surface area contributed by atoms with E-state index >= 15 is 0 Å². The van der Waals surface area contributed by atoms with Crippen LogP contribution in [0.3, 0.4) is 0 Å². The molecule has 0 aromatic carbocycles. The second-order valence-corrected chi connectivity index (χ2v) is 10.3. The molecule has 1 saturated heterocycles. The van der Waals surface area contributed by atoms with Crippen LogP contribution in [0.1, 0.15) is 63.1 Å². The van der Waals surface area contributed by atoms with Crippen LogP contribution in [0, 0.1) is 12.3 Å². The van der Waals surface area contributed by atoms with E-state index in [0.717, 1.165) is 22.6 Å². The molecule has 2 aromatic rings. The molecule has 7 heteroatoms. The van der Waals surface area contributed by atoms with Crippen molar-refractivity contribution < 1.29 is 17.9 Å². The quantitative estimate of drug-likeness (QED) is 0.407. The number of aromatic nitrogens is 1. The summed E-state index contributed by atoms with van der Waals surface area (Å²) in [4.78, 5) is 7.81. The Balaban J connectivity index is 1.99. The highest BCUT2D eigenvalue weighted by atomic mass is 32.1. The van der Waals surface area contributed by atoms with E-state index < -0.39 is 17.2 Å². The average Bonchev–Trinajstić information content (AvgIpc) is 3.42. The third-order valence-electron chi connectivity index (χ3n) is 7.69. The zero-order chi connectivity index (χ0) is 23.6. The Labute approximate surface area is 194 Å². The summed E-state index contributed by atoms with van der Waals surface area (Å²) in [7, 11) is 0. The van der Waals surface area contributed by atoms with Crippen LogP contribution >= 0.6 is 11.3 Å². The van der Waals surface area contributed by atoms with Gasteiger partial charge in [0.1, 0.15) is 0 Å². The molecule has 3 heterocycles. The van der Waals surface area contributed by atoms with Crippen LogP contribution in [0.15, 0.2) is 35.8 Å². The fourth-order valence-corrected chi connectivity index (χ4v) is 5.87.